The third kappa shape index (κ3) is 4.01. The van der Waals surface area contributed by atoms with Gasteiger partial charge in [-0.25, -0.2) is 4.98 Å². The standard InChI is InChI=1S/C22H20N4O2/c27-21(11-8-17-6-9-19(10-7-17)25-14-12-23-16-25)24-18-3-1-4-20(15-18)26-13-2-5-22(26)28/h1,3-4,6-12,14-16H,2,5,13H2,(H,24,27)/b11-8+. The maximum Gasteiger partial charge on any atom is 0.248 e. The van der Waals surface area contributed by atoms with E-state index in [0.29, 0.717) is 12.1 Å². The van der Waals surface area contributed by atoms with Gasteiger partial charge in [0.05, 0.1) is 6.33 Å². The van der Waals surface area contributed by atoms with Crippen molar-refractivity contribution >= 4 is 29.3 Å². The summed E-state index contributed by atoms with van der Waals surface area (Å²) >= 11 is 0. The monoisotopic (exact) mass is 372 g/mol. The Morgan fingerprint density at radius 3 is 2.68 bits per heavy atom. The quantitative estimate of drug-likeness (QED) is 0.695. The molecule has 2 heterocycles. The number of carbonyl (C=O) groups is 2. The molecule has 28 heavy (non-hydrogen) atoms. The number of aromatic nitrogens is 2. The third-order valence-electron chi connectivity index (χ3n) is 4.62. The van der Waals surface area contributed by atoms with E-state index in [0.717, 1.165) is 29.9 Å². The fourth-order valence-corrected chi connectivity index (χ4v) is 3.20. The third-order valence-corrected chi connectivity index (χ3v) is 4.62. The zero-order chi connectivity index (χ0) is 19.3. The summed E-state index contributed by atoms with van der Waals surface area (Å²) in [4.78, 5) is 29.9. The summed E-state index contributed by atoms with van der Waals surface area (Å²) in [6, 6.07) is 15.2. The minimum atomic E-state index is -0.219. The van der Waals surface area contributed by atoms with Crippen molar-refractivity contribution in [3.8, 4) is 5.69 Å². The van der Waals surface area contributed by atoms with Gasteiger partial charge in [0, 0.05) is 48.5 Å². The Morgan fingerprint density at radius 1 is 1.11 bits per heavy atom. The van der Waals surface area contributed by atoms with Crippen LogP contribution in [0, 0.1) is 0 Å². The molecular formula is C22H20N4O2. The lowest BCUT2D eigenvalue weighted by Crippen LogP contribution is -2.23. The van der Waals surface area contributed by atoms with E-state index in [-0.39, 0.29) is 11.8 Å². The number of hydrogen-bond acceptors (Lipinski definition) is 3. The largest absolute Gasteiger partial charge is 0.322 e. The van der Waals surface area contributed by atoms with E-state index in [1.807, 2.05) is 59.3 Å². The number of hydrogen-bond donors (Lipinski definition) is 1. The molecule has 3 aromatic rings. The average Bonchev–Trinajstić information content (AvgIpc) is 3.39. The van der Waals surface area contributed by atoms with Crippen LogP contribution < -0.4 is 10.2 Å². The van der Waals surface area contributed by atoms with Gasteiger partial charge in [0.1, 0.15) is 0 Å². The van der Waals surface area contributed by atoms with Crippen molar-refractivity contribution in [1.82, 2.24) is 9.55 Å². The van der Waals surface area contributed by atoms with Crippen LogP contribution in [0.25, 0.3) is 11.8 Å². The summed E-state index contributed by atoms with van der Waals surface area (Å²) < 4.78 is 1.91. The van der Waals surface area contributed by atoms with Crippen molar-refractivity contribution in [2.75, 3.05) is 16.8 Å². The number of nitrogens with zero attached hydrogens (tertiary/aromatic N) is 3. The highest BCUT2D eigenvalue weighted by atomic mass is 16.2. The number of carbonyl (C=O) groups excluding carboxylic acids is 2. The van der Waals surface area contributed by atoms with Gasteiger partial charge in [0.15, 0.2) is 0 Å². The number of nitrogens with one attached hydrogen (secondary N) is 1. The number of rotatable bonds is 5. The molecule has 140 valence electrons. The summed E-state index contributed by atoms with van der Waals surface area (Å²) in [6.45, 7) is 0.727. The van der Waals surface area contributed by atoms with Crippen LogP contribution in [0.15, 0.2) is 73.3 Å². The molecule has 2 amide bonds. The van der Waals surface area contributed by atoms with Crippen molar-refractivity contribution < 1.29 is 9.59 Å². The Morgan fingerprint density at radius 2 is 1.96 bits per heavy atom. The van der Waals surface area contributed by atoms with Gasteiger partial charge in [0.2, 0.25) is 11.8 Å². The highest BCUT2D eigenvalue weighted by Crippen LogP contribution is 2.24. The zero-order valence-corrected chi connectivity index (χ0v) is 15.3. The van der Waals surface area contributed by atoms with Crippen LogP contribution in [0.4, 0.5) is 11.4 Å². The van der Waals surface area contributed by atoms with Gasteiger partial charge >= 0.3 is 0 Å². The van der Waals surface area contributed by atoms with E-state index in [9.17, 15) is 9.59 Å². The fourth-order valence-electron chi connectivity index (χ4n) is 3.20. The maximum absolute atomic E-state index is 12.2. The molecule has 1 saturated heterocycles. The molecule has 0 unspecified atom stereocenters. The molecule has 1 aliphatic rings. The molecule has 4 rings (SSSR count). The van der Waals surface area contributed by atoms with Crippen LogP contribution in [0.1, 0.15) is 18.4 Å². The van der Waals surface area contributed by atoms with E-state index in [4.69, 9.17) is 0 Å². The first-order valence-electron chi connectivity index (χ1n) is 9.17. The van der Waals surface area contributed by atoms with E-state index >= 15 is 0 Å². The molecular weight excluding hydrogens is 352 g/mol. The van der Waals surface area contributed by atoms with Crippen LogP contribution in [-0.2, 0) is 9.59 Å². The Labute approximate surface area is 163 Å². The summed E-state index contributed by atoms with van der Waals surface area (Å²) in [6.07, 6.45) is 10.1. The molecule has 2 aromatic carbocycles. The van der Waals surface area contributed by atoms with Gasteiger partial charge in [-0.05, 0) is 48.4 Å². The second-order valence-electron chi connectivity index (χ2n) is 6.58. The van der Waals surface area contributed by atoms with Gasteiger partial charge in [-0.3, -0.25) is 9.59 Å². The van der Waals surface area contributed by atoms with Gasteiger partial charge in [0.25, 0.3) is 0 Å². The van der Waals surface area contributed by atoms with Crippen molar-refractivity contribution in [3.63, 3.8) is 0 Å². The summed E-state index contributed by atoms with van der Waals surface area (Å²) in [7, 11) is 0. The minimum absolute atomic E-state index is 0.127. The van der Waals surface area contributed by atoms with Crippen LogP contribution in [0.2, 0.25) is 0 Å². The van der Waals surface area contributed by atoms with E-state index in [1.165, 1.54) is 6.08 Å². The highest BCUT2D eigenvalue weighted by molar-refractivity contribution is 6.02. The predicted molar refractivity (Wildman–Crippen MR) is 109 cm³/mol. The molecule has 0 aliphatic carbocycles. The summed E-state index contributed by atoms with van der Waals surface area (Å²) in [5.74, 6) is -0.0916. The molecule has 0 atom stereocenters. The Bertz CT molecular complexity index is 1010. The van der Waals surface area contributed by atoms with Crippen LogP contribution in [-0.4, -0.2) is 27.9 Å². The second-order valence-corrected chi connectivity index (χ2v) is 6.58. The zero-order valence-electron chi connectivity index (χ0n) is 15.3. The molecule has 6 nitrogen and oxygen atoms in total. The van der Waals surface area contributed by atoms with Crippen LogP contribution >= 0.6 is 0 Å². The van der Waals surface area contributed by atoms with Crippen molar-refractivity contribution in [3.05, 3.63) is 78.9 Å². The van der Waals surface area contributed by atoms with Gasteiger partial charge in [-0.2, -0.15) is 0 Å². The highest BCUT2D eigenvalue weighted by Gasteiger charge is 2.21. The van der Waals surface area contributed by atoms with Crippen LogP contribution in [0.5, 0.6) is 0 Å². The Hall–Kier alpha value is -3.67. The SMILES string of the molecule is O=C(/C=C/c1ccc(-n2ccnc2)cc1)Nc1cccc(N2CCCC2=O)c1. The first-order valence-corrected chi connectivity index (χ1v) is 9.17. The lowest BCUT2D eigenvalue weighted by molar-refractivity contribution is -0.117. The van der Waals surface area contributed by atoms with Crippen molar-refractivity contribution in [2.45, 2.75) is 12.8 Å². The van der Waals surface area contributed by atoms with E-state index in [2.05, 4.69) is 10.3 Å². The molecule has 1 aliphatic heterocycles. The summed E-state index contributed by atoms with van der Waals surface area (Å²) in [5.41, 5.74) is 3.42. The van der Waals surface area contributed by atoms with E-state index in [1.54, 1.807) is 23.5 Å². The van der Waals surface area contributed by atoms with Crippen LogP contribution in [0.3, 0.4) is 0 Å². The number of amides is 2. The van der Waals surface area contributed by atoms with E-state index < -0.39 is 0 Å². The lowest BCUT2D eigenvalue weighted by Gasteiger charge is -2.16. The number of anilines is 2. The Kier molecular flexibility index (Phi) is 5.01. The molecule has 1 aromatic heterocycles. The lowest BCUT2D eigenvalue weighted by atomic mass is 10.2. The smallest absolute Gasteiger partial charge is 0.248 e. The second kappa shape index (κ2) is 7.92. The first kappa shape index (κ1) is 17.7. The van der Waals surface area contributed by atoms with Gasteiger partial charge < -0.3 is 14.8 Å². The number of imidazole rings is 1. The maximum atomic E-state index is 12.2. The van der Waals surface area contributed by atoms with Crippen molar-refractivity contribution in [1.29, 1.82) is 0 Å². The minimum Gasteiger partial charge on any atom is -0.322 e. The molecule has 0 radical (unpaired) electrons. The molecule has 1 fully saturated rings. The molecule has 0 bridgehead atoms. The molecule has 6 heteroatoms. The topological polar surface area (TPSA) is 67.2 Å². The normalized spacial score (nSPS) is 14.0. The molecule has 1 N–H and O–H groups in total. The van der Waals surface area contributed by atoms with Gasteiger partial charge in [-0.15, -0.1) is 0 Å². The van der Waals surface area contributed by atoms with Crippen molar-refractivity contribution in [2.24, 2.45) is 0 Å². The average molecular weight is 372 g/mol. The first-order chi connectivity index (χ1) is 13.7. The predicted octanol–water partition coefficient (Wildman–Crippen LogP) is 3.65. The fraction of sp³-hybridized carbons (Fsp3) is 0.136. The summed E-state index contributed by atoms with van der Waals surface area (Å²) in [5, 5.41) is 2.85. The molecule has 0 saturated carbocycles. The Balaban J connectivity index is 1.39. The van der Waals surface area contributed by atoms with Gasteiger partial charge in [-0.1, -0.05) is 18.2 Å². The molecule has 0 spiro atoms. The number of benzene rings is 2.